The molecular formula is C13H31N3. The van der Waals surface area contributed by atoms with E-state index in [0.29, 0.717) is 6.04 Å². The predicted molar refractivity (Wildman–Crippen MR) is 72.7 cm³/mol. The van der Waals surface area contributed by atoms with Gasteiger partial charge in [-0.05, 0) is 53.0 Å². The van der Waals surface area contributed by atoms with E-state index in [-0.39, 0.29) is 11.5 Å². The fourth-order valence-corrected chi connectivity index (χ4v) is 2.63. The highest BCUT2D eigenvalue weighted by molar-refractivity contribution is 4.87. The van der Waals surface area contributed by atoms with Gasteiger partial charge in [-0.2, -0.15) is 0 Å². The Labute approximate surface area is 102 Å². The lowest BCUT2D eigenvalue weighted by molar-refractivity contribution is 0.103. The minimum Gasteiger partial charge on any atom is -0.327 e. The SMILES string of the molecule is CC(N)C(N(C)CCCN(C)C)C(C)(C)C. The van der Waals surface area contributed by atoms with E-state index in [9.17, 15) is 0 Å². The van der Waals surface area contributed by atoms with Gasteiger partial charge in [0.05, 0.1) is 0 Å². The lowest BCUT2D eigenvalue weighted by Gasteiger charge is -2.41. The van der Waals surface area contributed by atoms with Crippen molar-refractivity contribution in [3.8, 4) is 0 Å². The summed E-state index contributed by atoms with van der Waals surface area (Å²) >= 11 is 0. The third kappa shape index (κ3) is 5.83. The highest BCUT2D eigenvalue weighted by Crippen LogP contribution is 2.25. The Morgan fingerprint density at radius 3 is 1.88 bits per heavy atom. The third-order valence-corrected chi connectivity index (χ3v) is 2.98. The normalized spacial score (nSPS) is 16.9. The first-order valence-electron chi connectivity index (χ1n) is 6.26. The molecule has 0 radical (unpaired) electrons. The number of hydrogen-bond donors (Lipinski definition) is 1. The van der Waals surface area contributed by atoms with Gasteiger partial charge >= 0.3 is 0 Å². The molecule has 0 saturated carbocycles. The van der Waals surface area contributed by atoms with Gasteiger partial charge in [0.15, 0.2) is 0 Å². The highest BCUT2D eigenvalue weighted by atomic mass is 15.2. The van der Waals surface area contributed by atoms with Gasteiger partial charge in [0, 0.05) is 12.1 Å². The van der Waals surface area contributed by atoms with Gasteiger partial charge in [-0.3, -0.25) is 0 Å². The molecule has 3 heteroatoms. The average Bonchev–Trinajstić information content (AvgIpc) is 1.98. The number of nitrogens with two attached hydrogens (primary N) is 1. The average molecular weight is 229 g/mol. The molecule has 0 spiro atoms. The van der Waals surface area contributed by atoms with Crippen LogP contribution < -0.4 is 5.73 Å². The van der Waals surface area contributed by atoms with E-state index in [1.807, 2.05) is 0 Å². The second-order valence-corrected chi connectivity index (χ2v) is 6.31. The van der Waals surface area contributed by atoms with Gasteiger partial charge in [0.2, 0.25) is 0 Å². The molecule has 98 valence electrons. The van der Waals surface area contributed by atoms with Crippen molar-refractivity contribution in [1.82, 2.24) is 9.80 Å². The first kappa shape index (κ1) is 15.9. The fourth-order valence-electron chi connectivity index (χ4n) is 2.63. The molecule has 0 fully saturated rings. The Morgan fingerprint density at radius 2 is 1.56 bits per heavy atom. The maximum atomic E-state index is 6.10. The number of rotatable bonds is 6. The monoisotopic (exact) mass is 229 g/mol. The Kier molecular flexibility index (Phi) is 6.53. The molecule has 0 aromatic rings. The van der Waals surface area contributed by atoms with Crippen molar-refractivity contribution >= 4 is 0 Å². The molecule has 0 aromatic carbocycles. The van der Waals surface area contributed by atoms with Crippen LogP contribution in [0.25, 0.3) is 0 Å². The van der Waals surface area contributed by atoms with Crippen molar-refractivity contribution in [3.63, 3.8) is 0 Å². The van der Waals surface area contributed by atoms with Crippen molar-refractivity contribution in [1.29, 1.82) is 0 Å². The summed E-state index contributed by atoms with van der Waals surface area (Å²) in [5.41, 5.74) is 6.34. The van der Waals surface area contributed by atoms with E-state index < -0.39 is 0 Å². The van der Waals surface area contributed by atoms with Crippen molar-refractivity contribution in [2.45, 2.75) is 46.2 Å². The summed E-state index contributed by atoms with van der Waals surface area (Å²) in [5.74, 6) is 0. The molecule has 0 rings (SSSR count). The van der Waals surface area contributed by atoms with Crippen LogP contribution in [0.5, 0.6) is 0 Å². The number of likely N-dealkylation sites (N-methyl/N-ethyl adjacent to an activating group) is 1. The molecule has 0 heterocycles. The standard InChI is InChI=1S/C13H31N3/c1-11(14)12(13(2,3)4)16(7)10-8-9-15(5)6/h11-12H,8-10,14H2,1-7H3. The second kappa shape index (κ2) is 6.58. The van der Waals surface area contributed by atoms with Crippen LogP contribution >= 0.6 is 0 Å². The maximum absolute atomic E-state index is 6.10. The Bertz CT molecular complexity index is 182. The van der Waals surface area contributed by atoms with Gasteiger partial charge < -0.3 is 15.5 Å². The van der Waals surface area contributed by atoms with Crippen molar-refractivity contribution in [2.75, 3.05) is 34.2 Å². The summed E-state index contributed by atoms with van der Waals surface area (Å²) in [6.07, 6.45) is 1.20. The molecule has 2 N–H and O–H groups in total. The lowest BCUT2D eigenvalue weighted by atomic mass is 9.82. The molecule has 0 aliphatic rings. The zero-order chi connectivity index (χ0) is 12.9. The van der Waals surface area contributed by atoms with E-state index in [0.717, 1.165) is 13.1 Å². The zero-order valence-electron chi connectivity index (χ0n) is 12.2. The highest BCUT2D eigenvalue weighted by Gasteiger charge is 2.30. The Hall–Kier alpha value is -0.120. The van der Waals surface area contributed by atoms with Crippen LogP contribution in [0.4, 0.5) is 0 Å². The van der Waals surface area contributed by atoms with E-state index in [2.05, 4.69) is 58.6 Å². The molecule has 0 amide bonds. The molecule has 0 aliphatic carbocycles. The summed E-state index contributed by atoms with van der Waals surface area (Å²) in [7, 11) is 6.43. The summed E-state index contributed by atoms with van der Waals surface area (Å²) in [4.78, 5) is 4.64. The Balaban J connectivity index is 4.24. The second-order valence-electron chi connectivity index (χ2n) is 6.31. The molecule has 0 bridgehead atoms. The molecule has 16 heavy (non-hydrogen) atoms. The number of hydrogen-bond acceptors (Lipinski definition) is 3. The quantitative estimate of drug-likeness (QED) is 0.751. The summed E-state index contributed by atoms with van der Waals surface area (Å²) < 4.78 is 0. The van der Waals surface area contributed by atoms with E-state index in [4.69, 9.17) is 5.73 Å². The van der Waals surface area contributed by atoms with Crippen LogP contribution in [0.2, 0.25) is 0 Å². The van der Waals surface area contributed by atoms with E-state index in [1.165, 1.54) is 6.42 Å². The van der Waals surface area contributed by atoms with Crippen LogP contribution in [0.1, 0.15) is 34.1 Å². The molecule has 0 aromatic heterocycles. The van der Waals surface area contributed by atoms with Gasteiger partial charge in [-0.15, -0.1) is 0 Å². The third-order valence-electron chi connectivity index (χ3n) is 2.98. The minimum absolute atomic E-state index is 0.212. The van der Waals surface area contributed by atoms with Gasteiger partial charge in [-0.1, -0.05) is 20.8 Å². The summed E-state index contributed by atoms with van der Waals surface area (Å²) in [6, 6.07) is 0.652. The first-order chi connectivity index (χ1) is 7.16. The summed E-state index contributed by atoms with van der Waals surface area (Å²) in [5, 5.41) is 0. The lowest BCUT2D eigenvalue weighted by Crippen LogP contribution is -2.52. The van der Waals surface area contributed by atoms with Crippen molar-refractivity contribution < 1.29 is 0 Å². The molecule has 0 aliphatic heterocycles. The number of nitrogens with zero attached hydrogens (tertiary/aromatic N) is 2. The topological polar surface area (TPSA) is 32.5 Å². The van der Waals surface area contributed by atoms with Gasteiger partial charge in [0.1, 0.15) is 0 Å². The van der Waals surface area contributed by atoms with Crippen molar-refractivity contribution in [3.05, 3.63) is 0 Å². The maximum Gasteiger partial charge on any atom is 0.0289 e. The predicted octanol–water partition coefficient (Wildman–Crippen LogP) is 1.63. The van der Waals surface area contributed by atoms with Crippen LogP contribution in [0, 0.1) is 5.41 Å². The molecular weight excluding hydrogens is 198 g/mol. The Morgan fingerprint density at radius 1 is 1.06 bits per heavy atom. The van der Waals surface area contributed by atoms with Crippen LogP contribution in [-0.4, -0.2) is 56.1 Å². The smallest absolute Gasteiger partial charge is 0.0289 e. The van der Waals surface area contributed by atoms with Crippen LogP contribution in [0.3, 0.4) is 0 Å². The van der Waals surface area contributed by atoms with E-state index >= 15 is 0 Å². The first-order valence-corrected chi connectivity index (χ1v) is 6.26. The zero-order valence-corrected chi connectivity index (χ0v) is 12.2. The minimum atomic E-state index is 0.212. The molecule has 2 atom stereocenters. The molecule has 2 unspecified atom stereocenters. The summed E-state index contributed by atoms with van der Waals surface area (Å²) in [6.45, 7) is 11.2. The molecule has 3 nitrogen and oxygen atoms in total. The molecule has 0 saturated heterocycles. The van der Waals surface area contributed by atoms with Crippen molar-refractivity contribution in [2.24, 2.45) is 11.1 Å². The fraction of sp³-hybridized carbons (Fsp3) is 1.00. The van der Waals surface area contributed by atoms with Crippen LogP contribution in [0.15, 0.2) is 0 Å². The largest absolute Gasteiger partial charge is 0.327 e. The van der Waals surface area contributed by atoms with E-state index in [1.54, 1.807) is 0 Å². The van der Waals surface area contributed by atoms with Gasteiger partial charge in [0.25, 0.3) is 0 Å². The van der Waals surface area contributed by atoms with Crippen LogP contribution in [-0.2, 0) is 0 Å². The van der Waals surface area contributed by atoms with Gasteiger partial charge in [-0.25, -0.2) is 0 Å².